The summed E-state index contributed by atoms with van der Waals surface area (Å²) in [5.74, 6) is 0.851. The maximum Gasteiger partial charge on any atom is 0.293 e. The Morgan fingerprint density at radius 2 is 1.95 bits per heavy atom. The number of benzene rings is 1. The molecule has 0 aromatic heterocycles. The van der Waals surface area contributed by atoms with Crippen LogP contribution in [0.15, 0.2) is 23.1 Å². The molecule has 0 radical (unpaired) electrons. The minimum atomic E-state index is -0.315. The van der Waals surface area contributed by atoms with Gasteiger partial charge in [-0.3, -0.25) is 14.5 Å². The Morgan fingerprint density at radius 1 is 1.24 bits per heavy atom. The van der Waals surface area contributed by atoms with E-state index in [4.69, 9.17) is 15.2 Å². The number of nitrogens with zero attached hydrogens (tertiary/aromatic N) is 1. The largest absolute Gasteiger partial charge is 0.493 e. The number of nitrogens with two attached hydrogens (primary N) is 1. The molecule has 6 nitrogen and oxygen atoms in total. The van der Waals surface area contributed by atoms with Crippen molar-refractivity contribution in [3.63, 3.8) is 0 Å². The first kappa shape index (κ1) is 15.4. The molecule has 0 unspecified atom stereocenters. The molecule has 1 saturated heterocycles. The van der Waals surface area contributed by atoms with Crippen LogP contribution < -0.4 is 15.2 Å². The van der Waals surface area contributed by atoms with Crippen molar-refractivity contribution >= 4 is 29.0 Å². The van der Waals surface area contributed by atoms with Crippen LogP contribution >= 0.6 is 11.8 Å². The van der Waals surface area contributed by atoms with Crippen molar-refractivity contribution in [3.8, 4) is 11.5 Å². The highest BCUT2D eigenvalue weighted by Crippen LogP contribution is 2.34. The zero-order valence-electron chi connectivity index (χ0n) is 11.8. The third-order valence-electron chi connectivity index (χ3n) is 2.93. The van der Waals surface area contributed by atoms with Crippen LogP contribution in [0.3, 0.4) is 0 Å². The van der Waals surface area contributed by atoms with Gasteiger partial charge in [-0.05, 0) is 35.5 Å². The normalized spacial score (nSPS) is 16.7. The molecule has 0 spiro atoms. The quantitative estimate of drug-likeness (QED) is 0.834. The van der Waals surface area contributed by atoms with Gasteiger partial charge in [0.2, 0.25) is 0 Å². The molecule has 1 heterocycles. The highest BCUT2D eigenvalue weighted by atomic mass is 32.2. The SMILES string of the molecule is COc1ccc(/C=C2\SC(=O)N(CCN)C2=O)cc1OC. The molecular weight excluding hydrogens is 292 g/mol. The van der Waals surface area contributed by atoms with Gasteiger partial charge < -0.3 is 15.2 Å². The van der Waals surface area contributed by atoms with Crippen molar-refractivity contribution in [1.82, 2.24) is 4.90 Å². The smallest absolute Gasteiger partial charge is 0.293 e. The summed E-state index contributed by atoms with van der Waals surface area (Å²) in [5.41, 5.74) is 6.15. The number of carbonyl (C=O) groups excluding carboxylic acids is 2. The van der Waals surface area contributed by atoms with Gasteiger partial charge in [0.05, 0.1) is 19.1 Å². The Morgan fingerprint density at radius 3 is 2.57 bits per heavy atom. The molecule has 0 bridgehead atoms. The molecule has 2 N–H and O–H groups in total. The van der Waals surface area contributed by atoms with E-state index in [1.165, 1.54) is 7.11 Å². The van der Waals surface area contributed by atoms with Gasteiger partial charge >= 0.3 is 0 Å². The van der Waals surface area contributed by atoms with E-state index in [1.807, 2.05) is 0 Å². The average molecular weight is 308 g/mol. The number of imide groups is 1. The lowest BCUT2D eigenvalue weighted by Crippen LogP contribution is -2.33. The van der Waals surface area contributed by atoms with Crippen molar-refractivity contribution in [1.29, 1.82) is 0 Å². The molecule has 2 rings (SSSR count). The molecule has 0 atom stereocenters. The number of rotatable bonds is 5. The van der Waals surface area contributed by atoms with Crippen LogP contribution in [0.2, 0.25) is 0 Å². The van der Waals surface area contributed by atoms with E-state index in [9.17, 15) is 9.59 Å². The number of hydrogen-bond donors (Lipinski definition) is 1. The Bertz CT molecular complexity index is 601. The maximum atomic E-state index is 12.1. The highest BCUT2D eigenvalue weighted by molar-refractivity contribution is 8.18. The monoisotopic (exact) mass is 308 g/mol. The molecule has 0 aliphatic carbocycles. The molecule has 112 valence electrons. The van der Waals surface area contributed by atoms with Crippen molar-refractivity contribution in [2.24, 2.45) is 5.73 Å². The molecule has 1 aliphatic rings. The van der Waals surface area contributed by atoms with Crippen molar-refractivity contribution < 1.29 is 19.1 Å². The lowest BCUT2D eigenvalue weighted by Gasteiger charge is -2.09. The molecule has 0 saturated carbocycles. The number of amides is 2. The van der Waals surface area contributed by atoms with E-state index >= 15 is 0 Å². The zero-order valence-corrected chi connectivity index (χ0v) is 12.6. The Kier molecular flexibility index (Phi) is 4.87. The summed E-state index contributed by atoms with van der Waals surface area (Å²) in [6.45, 7) is 0.482. The van der Waals surface area contributed by atoms with Gasteiger partial charge in [0.1, 0.15) is 0 Å². The third-order valence-corrected chi connectivity index (χ3v) is 3.84. The molecule has 1 aliphatic heterocycles. The Hall–Kier alpha value is -1.99. The minimum absolute atomic E-state index is 0.230. The Balaban J connectivity index is 2.28. The molecule has 1 fully saturated rings. The van der Waals surface area contributed by atoms with Gasteiger partial charge in [-0.2, -0.15) is 0 Å². The fourth-order valence-electron chi connectivity index (χ4n) is 1.92. The Labute approximate surface area is 126 Å². The van der Waals surface area contributed by atoms with E-state index in [1.54, 1.807) is 31.4 Å². The van der Waals surface area contributed by atoms with E-state index in [-0.39, 0.29) is 24.2 Å². The second kappa shape index (κ2) is 6.64. The van der Waals surface area contributed by atoms with Gasteiger partial charge in [0.15, 0.2) is 11.5 Å². The average Bonchev–Trinajstić information content (AvgIpc) is 2.75. The maximum absolute atomic E-state index is 12.1. The summed E-state index contributed by atoms with van der Waals surface area (Å²) in [4.78, 5) is 25.3. The molecular formula is C14H16N2O4S. The van der Waals surface area contributed by atoms with Gasteiger partial charge in [-0.25, -0.2) is 0 Å². The first-order valence-electron chi connectivity index (χ1n) is 6.28. The number of carbonyl (C=O) groups is 2. The first-order chi connectivity index (χ1) is 10.1. The van der Waals surface area contributed by atoms with Crippen molar-refractivity contribution in [2.45, 2.75) is 0 Å². The van der Waals surface area contributed by atoms with Crippen LogP contribution in [0.25, 0.3) is 6.08 Å². The molecule has 1 aromatic carbocycles. The number of methoxy groups -OCH3 is 2. The van der Waals surface area contributed by atoms with E-state index in [0.717, 1.165) is 22.2 Å². The molecule has 21 heavy (non-hydrogen) atoms. The van der Waals surface area contributed by atoms with Gasteiger partial charge in [-0.1, -0.05) is 6.07 Å². The van der Waals surface area contributed by atoms with Gasteiger partial charge in [0, 0.05) is 13.1 Å². The molecule has 1 aromatic rings. The van der Waals surface area contributed by atoms with Crippen molar-refractivity contribution in [2.75, 3.05) is 27.3 Å². The summed E-state index contributed by atoms with van der Waals surface area (Å²) in [5, 5.41) is -0.294. The van der Waals surface area contributed by atoms with Crippen molar-refractivity contribution in [3.05, 3.63) is 28.7 Å². The predicted molar refractivity (Wildman–Crippen MR) is 81.3 cm³/mol. The summed E-state index contributed by atoms with van der Waals surface area (Å²) in [7, 11) is 3.09. The topological polar surface area (TPSA) is 81.9 Å². The zero-order chi connectivity index (χ0) is 15.4. The predicted octanol–water partition coefficient (Wildman–Crippen LogP) is 1.70. The van der Waals surface area contributed by atoms with Crippen LogP contribution in [-0.4, -0.2) is 43.4 Å². The lowest BCUT2D eigenvalue weighted by molar-refractivity contribution is -0.122. The van der Waals surface area contributed by atoms with Crippen LogP contribution in [0.1, 0.15) is 5.56 Å². The fourth-order valence-corrected chi connectivity index (χ4v) is 2.78. The summed E-state index contributed by atoms with van der Waals surface area (Å²) in [6, 6.07) is 5.28. The minimum Gasteiger partial charge on any atom is -0.493 e. The molecule has 7 heteroatoms. The standard InChI is InChI=1S/C14H16N2O4S/c1-19-10-4-3-9(7-11(10)20-2)8-12-13(17)16(6-5-15)14(18)21-12/h3-4,7-8H,5-6,15H2,1-2H3/b12-8-. The number of hydrogen-bond acceptors (Lipinski definition) is 6. The first-order valence-corrected chi connectivity index (χ1v) is 7.09. The van der Waals surface area contributed by atoms with Crippen LogP contribution in [0.5, 0.6) is 11.5 Å². The van der Waals surface area contributed by atoms with Gasteiger partial charge in [0.25, 0.3) is 11.1 Å². The van der Waals surface area contributed by atoms with Crippen LogP contribution in [0.4, 0.5) is 4.79 Å². The second-order valence-corrected chi connectivity index (χ2v) is 5.23. The number of thioether (sulfide) groups is 1. The number of ether oxygens (including phenoxy) is 2. The van der Waals surface area contributed by atoms with Crippen LogP contribution in [0, 0.1) is 0 Å². The van der Waals surface area contributed by atoms with E-state index < -0.39 is 0 Å². The highest BCUT2D eigenvalue weighted by Gasteiger charge is 2.34. The third kappa shape index (κ3) is 3.20. The van der Waals surface area contributed by atoms with Gasteiger partial charge in [-0.15, -0.1) is 0 Å². The van der Waals surface area contributed by atoms with Crippen LogP contribution in [-0.2, 0) is 4.79 Å². The second-order valence-electron chi connectivity index (χ2n) is 4.24. The fraction of sp³-hybridized carbons (Fsp3) is 0.286. The van der Waals surface area contributed by atoms with E-state index in [2.05, 4.69) is 0 Å². The summed E-state index contributed by atoms with van der Waals surface area (Å²) >= 11 is 0.911. The lowest BCUT2D eigenvalue weighted by atomic mass is 10.2. The van der Waals surface area contributed by atoms with E-state index in [0.29, 0.717) is 16.4 Å². The summed E-state index contributed by atoms with van der Waals surface area (Å²) < 4.78 is 10.4. The molecule has 2 amide bonds. The summed E-state index contributed by atoms with van der Waals surface area (Å²) in [6.07, 6.45) is 1.66.